The standard InChI is InChI=1S/C10H18ClN3O/c1-12-4-6-13(7-5-12)9-2-3-14(8-9)10(11)15/h9H,2-8H2,1H3. The molecule has 5 heteroatoms. The van der Waals surface area contributed by atoms with Crippen LogP contribution >= 0.6 is 11.6 Å². The van der Waals surface area contributed by atoms with Crippen molar-refractivity contribution in [3.63, 3.8) is 0 Å². The number of likely N-dealkylation sites (tertiary alicyclic amines) is 1. The molecular formula is C10H18ClN3O. The van der Waals surface area contributed by atoms with Gasteiger partial charge < -0.3 is 9.80 Å². The van der Waals surface area contributed by atoms with Crippen LogP contribution in [0.4, 0.5) is 4.79 Å². The summed E-state index contributed by atoms with van der Waals surface area (Å²) in [5, 5.41) is -0.299. The third kappa shape index (κ3) is 2.62. The minimum Gasteiger partial charge on any atom is -0.328 e. The van der Waals surface area contributed by atoms with Gasteiger partial charge in [-0.3, -0.25) is 9.69 Å². The van der Waals surface area contributed by atoms with E-state index >= 15 is 0 Å². The van der Waals surface area contributed by atoms with Gasteiger partial charge >= 0.3 is 5.37 Å². The largest absolute Gasteiger partial charge is 0.328 e. The molecule has 2 saturated heterocycles. The fourth-order valence-electron chi connectivity index (χ4n) is 2.39. The molecule has 0 spiro atoms. The first-order chi connectivity index (χ1) is 7.16. The topological polar surface area (TPSA) is 26.8 Å². The van der Waals surface area contributed by atoms with Gasteiger partial charge in [-0.2, -0.15) is 0 Å². The number of nitrogens with zero attached hydrogens (tertiary/aromatic N) is 3. The van der Waals surface area contributed by atoms with E-state index in [0.717, 1.165) is 45.7 Å². The highest BCUT2D eigenvalue weighted by Crippen LogP contribution is 2.18. The van der Waals surface area contributed by atoms with Crippen molar-refractivity contribution in [3.05, 3.63) is 0 Å². The van der Waals surface area contributed by atoms with Crippen LogP contribution in [-0.2, 0) is 0 Å². The van der Waals surface area contributed by atoms with E-state index in [1.807, 2.05) is 0 Å². The molecule has 0 bridgehead atoms. The zero-order valence-electron chi connectivity index (χ0n) is 9.15. The molecule has 0 radical (unpaired) electrons. The van der Waals surface area contributed by atoms with Crippen LogP contribution in [0.15, 0.2) is 0 Å². The molecule has 0 N–H and O–H groups in total. The number of amides is 1. The monoisotopic (exact) mass is 231 g/mol. The van der Waals surface area contributed by atoms with E-state index in [9.17, 15) is 4.79 Å². The van der Waals surface area contributed by atoms with Crippen molar-refractivity contribution in [1.29, 1.82) is 0 Å². The molecule has 0 aromatic heterocycles. The number of rotatable bonds is 1. The lowest BCUT2D eigenvalue weighted by atomic mass is 10.2. The van der Waals surface area contributed by atoms with Crippen LogP contribution in [-0.4, -0.2) is 72.4 Å². The average Bonchev–Trinajstić information content (AvgIpc) is 2.68. The van der Waals surface area contributed by atoms with Crippen molar-refractivity contribution in [3.8, 4) is 0 Å². The third-order valence-corrected chi connectivity index (χ3v) is 3.71. The van der Waals surface area contributed by atoms with Crippen molar-refractivity contribution in [2.24, 2.45) is 0 Å². The first kappa shape index (κ1) is 11.2. The fourth-order valence-corrected chi connectivity index (χ4v) is 2.54. The Morgan fingerprint density at radius 1 is 1.20 bits per heavy atom. The second kappa shape index (κ2) is 4.68. The maximum Gasteiger partial charge on any atom is 0.316 e. The molecule has 4 nitrogen and oxygen atoms in total. The van der Waals surface area contributed by atoms with Gasteiger partial charge in [0, 0.05) is 45.3 Å². The Morgan fingerprint density at radius 3 is 2.40 bits per heavy atom. The van der Waals surface area contributed by atoms with Crippen LogP contribution in [0.5, 0.6) is 0 Å². The number of halogens is 1. The molecule has 1 unspecified atom stereocenters. The Kier molecular flexibility index (Phi) is 3.49. The number of hydrogen-bond donors (Lipinski definition) is 0. The number of hydrogen-bond acceptors (Lipinski definition) is 3. The van der Waals surface area contributed by atoms with Crippen LogP contribution in [0.2, 0.25) is 0 Å². The van der Waals surface area contributed by atoms with E-state index in [0.29, 0.717) is 6.04 Å². The smallest absolute Gasteiger partial charge is 0.316 e. The number of carbonyl (C=O) groups excluding carboxylic acids is 1. The highest BCUT2D eigenvalue weighted by molar-refractivity contribution is 6.62. The van der Waals surface area contributed by atoms with Crippen LogP contribution in [0.3, 0.4) is 0 Å². The van der Waals surface area contributed by atoms with Gasteiger partial charge in [0.1, 0.15) is 0 Å². The summed E-state index contributed by atoms with van der Waals surface area (Å²) in [5.41, 5.74) is 0. The lowest BCUT2D eigenvalue weighted by Gasteiger charge is -2.36. The molecule has 1 atom stereocenters. The van der Waals surface area contributed by atoms with Gasteiger partial charge in [-0.15, -0.1) is 0 Å². The maximum atomic E-state index is 11.0. The average molecular weight is 232 g/mol. The predicted molar refractivity (Wildman–Crippen MR) is 60.3 cm³/mol. The van der Waals surface area contributed by atoms with Crippen LogP contribution in [0, 0.1) is 0 Å². The second-order valence-corrected chi connectivity index (χ2v) is 4.80. The summed E-state index contributed by atoms with van der Waals surface area (Å²) in [6.45, 7) is 6.12. The molecule has 2 aliphatic heterocycles. The first-order valence-electron chi connectivity index (χ1n) is 5.54. The molecular weight excluding hydrogens is 214 g/mol. The van der Waals surface area contributed by atoms with E-state index in [2.05, 4.69) is 16.8 Å². The number of piperazine rings is 1. The molecule has 86 valence electrons. The molecule has 0 saturated carbocycles. The molecule has 15 heavy (non-hydrogen) atoms. The number of carbonyl (C=O) groups is 1. The Morgan fingerprint density at radius 2 is 1.87 bits per heavy atom. The molecule has 0 aliphatic carbocycles. The van der Waals surface area contributed by atoms with Gasteiger partial charge in [0.05, 0.1) is 0 Å². The van der Waals surface area contributed by atoms with Crippen molar-refractivity contribution in [2.75, 3.05) is 46.3 Å². The van der Waals surface area contributed by atoms with Crippen molar-refractivity contribution in [2.45, 2.75) is 12.5 Å². The van der Waals surface area contributed by atoms with Gasteiger partial charge in [-0.05, 0) is 25.1 Å². The Hall–Kier alpha value is -0.320. The minimum atomic E-state index is -0.299. The lowest BCUT2D eigenvalue weighted by Crippen LogP contribution is -2.49. The summed E-state index contributed by atoms with van der Waals surface area (Å²) in [6, 6.07) is 0.529. The summed E-state index contributed by atoms with van der Waals surface area (Å²) in [6.07, 6.45) is 1.07. The molecule has 2 rings (SSSR count). The molecule has 2 fully saturated rings. The molecule has 1 amide bonds. The quantitative estimate of drug-likeness (QED) is 0.490. The van der Waals surface area contributed by atoms with Gasteiger partial charge in [-0.25, -0.2) is 0 Å². The second-order valence-electron chi connectivity index (χ2n) is 4.48. The van der Waals surface area contributed by atoms with Crippen LogP contribution in [0.25, 0.3) is 0 Å². The summed E-state index contributed by atoms with van der Waals surface area (Å²) in [5.74, 6) is 0. The first-order valence-corrected chi connectivity index (χ1v) is 5.91. The Balaban J connectivity index is 1.83. The van der Waals surface area contributed by atoms with Gasteiger partial charge in [0.15, 0.2) is 0 Å². The van der Waals surface area contributed by atoms with E-state index in [1.165, 1.54) is 0 Å². The highest BCUT2D eigenvalue weighted by atomic mass is 35.5. The van der Waals surface area contributed by atoms with E-state index < -0.39 is 0 Å². The predicted octanol–water partition coefficient (Wildman–Crippen LogP) is 0.667. The molecule has 0 aromatic rings. The molecule has 2 aliphatic rings. The van der Waals surface area contributed by atoms with E-state index in [-0.39, 0.29) is 5.37 Å². The minimum absolute atomic E-state index is 0.299. The summed E-state index contributed by atoms with van der Waals surface area (Å²) in [7, 11) is 2.15. The molecule has 2 heterocycles. The van der Waals surface area contributed by atoms with E-state index in [4.69, 9.17) is 11.6 Å². The Bertz CT molecular complexity index is 241. The normalized spacial score (nSPS) is 29.7. The van der Waals surface area contributed by atoms with Crippen molar-refractivity contribution < 1.29 is 4.79 Å². The fraction of sp³-hybridized carbons (Fsp3) is 0.900. The summed E-state index contributed by atoms with van der Waals surface area (Å²) >= 11 is 5.47. The van der Waals surface area contributed by atoms with Crippen LogP contribution in [0.1, 0.15) is 6.42 Å². The highest BCUT2D eigenvalue weighted by Gasteiger charge is 2.30. The van der Waals surface area contributed by atoms with Gasteiger partial charge in [0.2, 0.25) is 0 Å². The Labute approximate surface area is 95.8 Å². The van der Waals surface area contributed by atoms with Crippen molar-refractivity contribution in [1.82, 2.24) is 14.7 Å². The van der Waals surface area contributed by atoms with Gasteiger partial charge in [-0.1, -0.05) is 0 Å². The third-order valence-electron chi connectivity index (χ3n) is 3.47. The van der Waals surface area contributed by atoms with Crippen LogP contribution < -0.4 is 0 Å². The maximum absolute atomic E-state index is 11.0. The number of likely N-dealkylation sites (N-methyl/N-ethyl adjacent to an activating group) is 1. The van der Waals surface area contributed by atoms with E-state index in [1.54, 1.807) is 4.90 Å². The summed E-state index contributed by atoms with van der Waals surface area (Å²) < 4.78 is 0. The molecule has 0 aromatic carbocycles. The van der Waals surface area contributed by atoms with Gasteiger partial charge in [0.25, 0.3) is 0 Å². The lowest BCUT2D eigenvalue weighted by molar-refractivity contribution is 0.115. The zero-order valence-corrected chi connectivity index (χ0v) is 9.91. The SMILES string of the molecule is CN1CCN(C2CCN(C(=O)Cl)C2)CC1. The van der Waals surface area contributed by atoms with Crippen molar-refractivity contribution >= 4 is 17.0 Å². The summed E-state index contributed by atoms with van der Waals surface area (Å²) in [4.78, 5) is 17.6. The zero-order chi connectivity index (χ0) is 10.8.